The normalized spacial score (nSPS) is 17.0. The number of carbonyl (C=O) groups is 1. The Kier molecular flexibility index (Phi) is 5.18. The Bertz CT molecular complexity index is 837. The summed E-state index contributed by atoms with van der Waals surface area (Å²) >= 11 is 0. The zero-order valence-electron chi connectivity index (χ0n) is 14.8. The summed E-state index contributed by atoms with van der Waals surface area (Å²) in [5.41, 5.74) is 3.13. The van der Waals surface area contributed by atoms with Gasteiger partial charge in [-0.1, -0.05) is 24.3 Å². The minimum atomic E-state index is -0.494. The van der Waals surface area contributed by atoms with Crippen LogP contribution in [0.1, 0.15) is 27.6 Å². The largest absolute Gasteiger partial charge is 0.370 e. The fraction of sp³-hybridized carbons (Fsp3) is 0.316. The van der Waals surface area contributed by atoms with Gasteiger partial charge in [-0.25, -0.2) is 0 Å². The topological polar surface area (TPSA) is 84.7 Å². The molecule has 0 aromatic heterocycles. The third-order valence-electron chi connectivity index (χ3n) is 4.61. The molecule has 1 unspecified atom stereocenters. The van der Waals surface area contributed by atoms with E-state index in [1.165, 1.54) is 19.2 Å². The third-order valence-corrected chi connectivity index (χ3v) is 4.61. The standard InChI is InChI=1S/C19H21N3O4/c1-13-5-3-4-6-15(13)18-12-21(9-10-26-18)17-8-7-14(22(24)25)11-16(17)19(23)20-2/h3-8,11,18H,9-10,12H2,1-2H3,(H,20,23). The van der Waals surface area contributed by atoms with Crippen molar-refractivity contribution >= 4 is 17.3 Å². The molecule has 26 heavy (non-hydrogen) atoms. The van der Waals surface area contributed by atoms with Gasteiger partial charge in [0.15, 0.2) is 0 Å². The van der Waals surface area contributed by atoms with Gasteiger partial charge in [0.2, 0.25) is 0 Å². The summed E-state index contributed by atoms with van der Waals surface area (Å²) < 4.78 is 5.93. The summed E-state index contributed by atoms with van der Waals surface area (Å²) in [6.45, 7) is 3.75. The van der Waals surface area contributed by atoms with E-state index in [0.717, 1.165) is 11.1 Å². The van der Waals surface area contributed by atoms with E-state index in [0.29, 0.717) is 30.9 Å². The molecule has 7 nitrogen and oxygen atoms in total. The van der Waals surface area contributed by atoms with Gasteiger partial charge in [-0.15, -0.1) is 0 Å². The molecule has 2 aromatic carbocycles. The van der Waals surface area contributed by atoms with E-state index in [9.17, 15) is 14.9 Å². The van der Waals surface area contributed by atoms with Crippen molar-refractivity contribution < 1.29 is 14.5 Å². The van der Waals surface area contributed by atoms with Crippen molar-refractivity contribution in [3.63, 3.8) is 0 Å². The van der Waals surface area contributed by atoms with Crippen LogP contribution in [0.15, 0.2) is 42.5 Å². The van der Waals surface area contributed by atoms with E-state index in [4.69, 9.17) is 4.74 Å². The van der Waals surface area contributed by atoms with Crippen LogP contribution in [-0.2, 0) is 4.74 Å². The van der Waals surface area contributed by atoms with E-state index in [1.807, 2.05) is 31.2 Å². The quantitative estimate of drug-likeness (QED) is 0.673. The molecule has 1 aliphatic rings. The predicted octanol–water partition coefficient (Wildman–Crippen LogP) is 2.84. The Labute approximate surface area is 151 Å². The fourth-order valence-corrected chi connectivity index (χ4v) is 3.23. The maximum Gasteiger partial charge on any atom is 0.270 e. The number of nitrogens with zero attached hydrogens (tertiary/aromatic N) is 2. The van der Waals surface area contributed by atoms with Crippen molar-refractivity contribution in [1.29, 1.82) is 0 Å². The van der Waals surface area contributed by atoms with Crippen LogP contribution in [0.4, 0.5) is 11.4 Å². The van der Waals surface area contributed by atoms with Crippen LogP contribution in [0.3, 0.4) is 0 Å². The van der Waals surface area contributed by atoms with E-state index >= 15 is 0 Å². The van der Waals surface area contributed by atoms with Crippen LogP contribution >= 0.6 is 0 Å². The number of non-ortho nitro benzene ring substituents is 1. The maximum absolute atomic E-state index is 12.3. The average molecular weight is 355 g/mol. The highest BCUT2D eigenvalue weighted by Crippen LogP contribution is 2.31. The van der Waals surface area contributed by atoms with E-state index < -0.39 is 4.92 Å². The number of hydrogen-bond acceptors (Lipinski definition) is 5. The number of rotatable bonds is 4. The van der Waals surface area contributed by atoms with Crippen LogP contribution < -0.4 is 10.2 Å². The smallest absolute Gasteiger partial charge is 0.270 e. The van der Waals surface area contributed by atoms with Crippen molar-refractivity contribution in [2.75, 3.05) is 31.6 Å². The zero-order valence-corrected chi connectivity index (χ0v) is 14.8. The number of carbonyl (C=O) groups excluding carboxylic acids is 1. The fourth-order valence-electron chi connectivity index (χ4n) is 3.23. The van der Waals surface area contributed by atoms with Crippen LogP contribution in [-0.4, -0.2) is 37.6 Å². The van der Waals surface area contributed by atoms with Crippen molar-refractivity contribution in [3.05, 3.63) is 69.3 Å². The Balaban J connectivity index is 1.94. The number of benzene rings is 2. The zero-order chi connectivity index (χ0) is 18.7. The van der Waals surface area contributed by atoms with Crippen LogP contribution in [0.2, 0.25) is 0 Å². The molecule has 1 fully saturated rings. The summed E-state index contributed by atoms with van der Waals surface area (Å²) in [5.74, 6) is -0.345. The molecule has 0 spiro atoms. The van der Waals surface area contributed by atoms with Gasteiger partial charge in [-0.3, -0.25) is 14.9 Å². The predicted molar refractivity (Wildman–Crippen MR) is 98.6 cm³/mol. The molecule has 3 rings (SSSR count). The van der Waals surface area contributed by atoms with Crippen molar-refractivity contribution in [2.24, 2.45) is 0 Å². The highest BCUT2D eigenvalue weighted by molar-refractivity contribution is 6.00. The first kappa shape index (κ1) is 17.9. The Morgan fingerprint density at radius 1 is 1.31 bits per heavy atom. The minimum absolute atomic E-state index is 0.101. The number of aryl methyl sites for hydroxylation is 1. The molecule has 1 atom stereocenters. The summed E-state index contributed by atoms with van der Waals surface area (Å²) in [7, 11) is 1.51. The molecule has 1 saturated heterocycles. The Hall–Kier alpha value is -2.93. The molecule has 1 amide bonds. The second-order valence-corrected chi connectivity index (χ2v) is 6.20. The second kappa shape index (κ2) is 7.53. The van der Waals surface area contributed by atoms with Gasteiger partial charge in [-0.05, 0) is 24.1 Å². The highest BCUT2D eigenvalue weighted by Gasteiger charge is 2.27. The second-order valence-electron chi connectivity index (χ2n) is 6.20. The molecule has 136 valence electrons. The lowest BCUT2D eigenvalue weighted by Crippen LogP contribution is -2.39. The summed E-state index contributed by atoms with van der Waals surface area (Å²) in [6, 6.07) is 12.4. The molecule has 1 aliphatic heterocycles. The number of nitrogens with one attached hydrogen (secondary N) is 1. The van der Waals surface area contributed by atoms with Crippen LogP contribution in [0.25, 0.3) is 0 Å². The van der Waals surface area contributed by atoms with Crippen molar-refractivity contribution in [1.82, 2.24) is 5.32 Å². The minimum Gasteiger partial charge on any atom is -0.370 e. The van der Waals surface area contributed by atoms with Gasteiger partial charge < -0.3 is 15.0 Å². The molecule has 2 aromatic rings. The van der Waals surface area contributed by atoms with E-state index in [2.05, 4.69) is 10.2 Å². The van der Waals surface area contributed by atoms with Gasteiger partial charge in [0, 0.05) is 32.3 Å². The average Bonchev–Trinajstić information content (AvgIpc) is 2.67. The number of nitro benzene ring substituents is 1. The lowest BCUT2D eigenvalue weighted by Gasteiger charge is -2.36. The van der Waals surface area contributed by atoms with Crippen molar-refractivity contribution in [3.8, 4) is 0 Å². The Morgan fingerprint density at radius 3 is 2.77 bits per heavy atom. The first-order chi connectivity index (χ1) is 12.5. The first-order valence-electron chi connectivity index (χ1n) is 8.44. The third kappa shape index (κ3) is 3.52. The molecule has 0 radical (unpaired) electrons. The van der Waals surface area contributed by atoms with Crippen LogP contribution in [0.5, 0.6) is 0 Å². The van der Waals surface area contributed by atoms with Gasteiger partial charge in [0.1, 0.15) is 6.10 Å². The lowest BCUT2D eigenvalue weighted by atomic mass is 10.0. The Morgan fingerprint density at radius 2 is 2.08 bits per heavy atom. The molecule has 7 heteroatoms. The molecular weight excluding hydrogens is 334 g/mol. The number of hydrogen-bond donors (Lipinski definition) is 1. The summed E-state index contributed by atoms with van der Waals surface area (Å²) in [4.78, 5) is 24.9. The van der Waals surface area contributed by atoms with Gasteiger partial charge in [-0.2, -0.15) is 0 Å². The number of morpholine rings is 1. The maximum atomic E-state index is 12.3. The molecule has 0 aliphatic carbocycles. The number of ether oxygens (including phenoxy) is 1. The van der Waals surface area contributed by atoms with E-state index in [-0.39, 0.29) is 17.7 Å². The van der Waals surface area contributed by atoms with Gasteiger partial charge >= 0.3 is 0 Å². The number of anilines is 1. The van der Waals surface area contributed by atoms with Crippen LogP contribution in [0, 0.1) is 17.0 Å². The first-order valence-corrected chi connectivity index (χ1v) is 8.44. The summed E-state index contributed by atoms with van der Waals surface area (Å²) in [5, 5.41) is 13.6. The van der Waals surface area contributed by atoms with Gasteiger partial charge in [0.05, 0.1) is 22.8 Å². The number of nitro groups is 1. The van der Waals surface area contributed by atoms with Gasteiger partial charge in [0.25, 0.3) is 11.6 Å². The lowest BCUT2D eigenvalue weighted by molar-refractivity contribution is -0.384. The van der Waals surface area contributed by atoms with Crippen molar-refractivity contribution in [2.45, 2.75) is 13.0 Å². The molecule has 1 heterocycles. The summed E-state index contributed by atoms with van der Waals surface area (Å²) in [6.07, 6.45) is -0.113. The molecule has 0 bridgehead atoms. The molecular formula is C19H21N3O4. The monoisotopic (exact) mass is 355 g/mol. The molecule has 0 saturated carbocycles. The SMILES string of the molecule is CNC(=O)c1cc([N+](=O)[O-])ccc1N1CCOC(c2ccccc2C)C1. The molecule has 1 N–H and O–H groups in total. The van der Waals surface area contributed by atoms with E-state index in [1.54, 1.807) is 6.07 Å². The number of amides is 1. The highest BCUT2D eigenvalue weighted by atomic mass is 16.6.